The van der Waals surface area contributed by atoms with Gasteiger partial charge in [0.1, 0.15) is 23.7 Å². The number of piperidine rings is 1. The lowest BCUT2D eigenvalue weighted by Crippen LogP contribution is -2.40. The summed E-state index contributed by atoms with van der Waals surface area (Å²) in [5.41, 5.74) is 14.7. The summed E-state index contributed by atoms with van der Waals surface area (Å²) in [6, 6.07) is 11.0. The van der Waals surface area contributed by atoms with Crippen LogP contribution in [-0.2, 0) is 4.79 Å². The zero-order valence-electron chi connectivity index (χ0n) is 20.1. The number of rotatable bonds is 8. The third-order valence-electron chi connectivity index (χ3n) is 6.67. The van der Waals surface area contributed by atoms with E-state index in [1.54, 1.807) is 12.1 Å². The third-order valence-corrected chi connectivity index (χ3v) is 6.67. The summed E-state index contributed by atoms with van der Waals surface area (Å²) in [5.74, 6) is 1.20. The summed E-state index contributed by atoms with van der Waals surface area (Å²) >= 11 is 0. The highest BCUT2D eigenvalue weighted by Gasteiger charge is 2.24. The van der Waals surface area contributed by atoms with Gasteiger partial charge in [0, 0.05) is 35.2 Å². The first kappa shape index (κ1) is 23.8. The molecular formula is C27H33N3O4. The fourth-order valence-corrected chi connectivity index (χ4v) is 4.70. The Balaban J connectivity index is 1.48. The van der Waals surface area contributed by atoms with Crippen molar-refractivity contribution in [2.45, 2.75) is 39.5 Å². The van der Waals surface area contributed by atoms with E-state index in [9.17, 15) is 9.59 Å². The second-order valence-corrected chi connectivity index (χ2v) is 9.39. The van der Waals surface area contributed by atoms with E-state index in [1.165, 1.54) is 0 Å². The highest BCUT2D eigenvalue weighted by atomic mass is 16.5. The number of nitrogens with zero attached hydrogens (tertiary/aromatic N) is 1. The number of fused-ring (bicyclic) bond motifs is 1. The van der Waals surface area contributed by atoms with Gasteiger partial charge in [0.2, 0.25) is 5.91 Å². The van der Waals surface area contributed by atoms with E-state index in [-0.39, 0.29) is 23.5 Å². The predicted molar refractivity (Wildman–Crippen MR) is 133 cm³/mol. The highest BCUT2D eigenvalue weighted by molar-refractivity contribution is 6.17. The Morgan fingerprint density at radius 1 is 1.15 bits per heavy atom. The van der Waals surface area contributed by atoms with Crippen LogP contribution in [0.25, 0.3) is 11.0 Å². The Hall–Kier alpha value is -3.32. The van der Waals surface area contributed by atoms with Crippen LogP contribution in [-0.4, -0.2) is 42.8 Å². The van der Waals surface area contributed by atoms with Crippen LogP contribution in [0.3, 0.4) is 0 Å². The van der Waals surface area contributed by atoms with Gasteiger partial charge in [-0.2, -0.15) is 0 Å². The minimum absolute atomic E-state index is 0.0100. The first-order valence-corrected chi connectivity index (χ1v) is 11.9. The van der Waals surface area contributed by atoms with Crippen LogP contribution >= 0.6 is 0 Å². The maximum atomic E-state index is 13.6. The summed E-state index contributed by atoms with van der Waals surface area (Å²) in [6.07, 6.45) is 1.61. The van der Waals surface area contributed by atoms with Crippen molar-refractivity contribution in [3.8, 4) is 5.75 Å². The van der Waals surface area contributed by atoms with Gasteiger partial charge in [-0.3, -0.25) is 14.5 Å². The molecule has 3 aromatic rings. The van der Waals surface area contributed by atoms with Gasteiger partial charge in [0.15, 0.2) is 5.78 Å². The van der Waals surface area contributed by atoms with Crippen LogP contribution in [0, 0.1) is 12.8 Å². The summed E-state index contributed by atoms with van der Waals surface area (Å²) in [6.45, 7) is 8.98. The van der Waals surface area contributed by atoms with Gasteiger partial charge in [0.25, 0.3) is 0 Å². The average molecular weight is 464 g/mol. The van der Waals surface area contributed by atoms with Crippen molar-refractivity contribution < 1.29 is 18.7 Å². The molecule has 4 N–H and O–H groups in total. The lowest BCUT2D eigenvalue weighted by atomic mass is 9.91. The number of hydrogen-bond donors (Lipinski definition) is 2. The van der Waals surface area contributed by atoms with Crippen LogP contribution in [0.15, 0.2) is 40.8 Å². The van der Waals surface area contributed by atoms with Crippen molar-refractivity contribution in [2.75, 3.05) is 32.0 Å². The number of carbonyl (C=O) groups is 2. The molecule has 0 aliphatic carbocycles. The number of carbonyl (C=O) groups excluding carboxylic acids is 2. The molecule has 7 nitrogen and oxygen atoms in total. The molecule has 1 fully saturated rings. The van der Waals surface area contributed by atoms with E-state index in [2.05, 4.69) is 18.7 Å². The van der Waals surface area contributed by atoms with E-state index in [0.717, 1.165) is 49.2 Å². The van der Waals surface area contributed by atoms with Crippen LogP contribution in [0.1, 0.15) is 59.9 Å². The van der Waals surface area contributed by atoms with Gasteiger partial charge in [-0.1, -0.05) is 13.8 Å². The molecule has 1 aliphatic heterocycles. The monoisotopic (exact) mass is 463 g/mol. The second kappa shape index (κ2) is 9.89. The molecule has 0 bridgehead atoms. The van der Waals surface area contributed by atoms with Crippen LogP contribution in [0.5, 0.6) is 5.75 Å². The molecule has 0 atom stereocenters. The Morgan fingerprint density at radius 3 is 2.56 bits per heavy atom. The van der Waals surface area contributed by atoms with Gasteiger partial charge in [-0.25, -0.2) is 0 Å². The summed E-state index contributed by atoms with van der Waals surface area (Å²) in [5, 5.41) is 0.770. The zero-order valence-corrected chi connectivity index (χ0v) is 20.1. The number of anilines is 1. The molecular weight excluding hydrogens is 430 g/mol. The topological polar surface area (TPSA) is 112 Å². The molecule has 34 heavy (non-hydrogen) atoms. The van der Waals surface area contributed by atoms with Crippen LogP contribution in [0.2, 0.25) is 0 Å². The van der Waals surface area contributed by atoms with Gasteiger partial charge in [-0.15, -0.1) is 0 Å². The first-order valence-electron chi connectivity index (χ1n) is 11.9. The number of ether oxygens (including phenoxy) is 1. The maximum Gasteiger partial charge on any atom is 0.220 e. The van der Waals surface area contributed by atoms with E-state index in [1.807, 2.05) is 31.2 Å². The van der Waals surface area contributed by atoms with Crippen LogP contribution in [0.4, 0.5) is 5.69 Å². The summed E-state index contributed by atoms with van der Waals surface area (Å²) < 4.78 is 11.9. The average Bonchev–Trinajstić information content (AvgIpc) is 3.13. The molecule has 0 saturated carbocycles. The number of aryl methyl sites for hydroxylation is 1. The van der Waals surface area contributed by atoms with E-state index < -0.39 is 0 Å². The highest BCUT2D eigenvalue weighted by Crippen LogP contribution is 2.32. The summed E-state index contributed by atoms with van der Waals surface area (Å²) in [7, 11) is 0. The van der Waals surface area contributed by atoms with E-state index >= 15 is 0 Å². The van der Waals surface area contributed by atoms with Crippen molar-refractivity contribution in [2.24, 2.45) is 11.7 Å². The minimum Gasteiger partial charge on any atom is -0.492 e. The second-order valence-electron chi connectivity index (χ2n) is 9.39. The zero-order chi connectivity index (χ0) is 24.4. The number of hydrogen-bond acceptors (Lipinski definition) is 6. The minimum atomic E-state index is -0.200. The molecule has 1 aliphatic rings. The Labute approximate surface area is 200 Å². The lowest BCUT2D eigenvalue weighted by Gasteiger charge is -2.30. The smallest absolute Gasteiger partial charge is 0.220 e. The largest absolute Gasteiger partial charge is 0.492 e. The number of likely N-dealkylation sites (tertiary alicyclic amines) is 1. The Kier molecular flexibility index (Phi) is 6.93. The number of primary amides is 1. The Bertz CT molecular complexity index is 1210. The number of ketones is 1. The Morgan fingerprint density at radius 2 is 1.88 bits per heavy atom. The van der Waals surface area contributed by atoms with E-state index in [0.29, 0.717) is 34.8 Å². The number of nitrogens with two attached hydrogens (primary N) is 2. The van der Waals surface area contributed by atoms with Crippen molar-refractivity contribution in [1.82, 2.24) is 4.90 Å². The molecule has 0 unspecified atom stereocenters. The molecule has 2 aromatic carbocycles. The van der Waals surface area contributed by atoms with Crippen LogP contribution < -0.4 is 16.2 Å². The molecule has 2 heterocycles. The number of amides is 1. The quantitative estimate of drug-likeness (QED) is 0.381. The number of nitrogen functional groups attached to an aromatic ring is 1. The SMILES string of the molecule is Cc1oc2cc(N)ccc2c1C(=O)c1ccc(OCCN2CCC(C(N)=O)CC2)cc1C(C)C. The van der Waals surface area contributed by atoms with Crippen molar-refractivity contribution in [3.05, 3.63) is 58.8 Å². The molecule has 1 amide bonds. The van der Waals surface area contributed by atoms with Gasteiger partial charge in [0.05, 0.1) is 5.56 Å². The third kappa shape index (κ3) is 4.94. The maximum absolute atomic E-state index is 13.6. The van der Waals surface area contributed by atoms with Crippen molar-refractivity contribution >= 4 is 28.3 Å². The van der Waals surface area contributed by atoms with Gasteiger partial charge < -0.3 is 20.6 Å². The molecule has 1 aromatic heterocycles. The summed E-state index contributed by atoms with van der Waals surface area (Å²) in [4.78, 5) is 27.2. The molecule has 0 radical (unpaired) electrons. The lowest BCUT2D eigenvalue weighted by molar-refractivity contribution is -0.123. The fourth-order valence-electron chi connectivity index (χ4n) is 4.70. The molecule has 7 heteroatoms. The molecule has 4 rings (SSSR count). The molecule has 180 valence electrons. The standard InChI is InChI=1S/C27H33N3O4/c1-16(2)23-15-20(33-13-12-30-10-8-18(9-11-30)27(29)32)5-7-21(23)26(31)25-17(3)34-24-14-19(28)4-6-22(24)25/h4-7,14-16,18H,8-13,28H2,1-3H3,(H2,29,32). The first-order chi connectivity index (χ1) is 16.2. The molecule has 1 saturated heterocycles. The van der Waals surface area contributed by atoms with Gasteiger partial charge >= 0.3 is 0 Å². The van der Waals surface area contributed by atoms with E-state index in [4.69, 9.17) is 20.6 Å². The normalized spacial score (nSPS) is 15.2. The van der Waals surface area contributed by atoms with Crippen molar-refractivity contribution in [1.29, 1.82) is 0 Å². The predicted octanol–water partition coefficient (Wildman–Crippen LogP) is 4.25. The number of furan rings is 1. The molecule has 0 spiro atoms. The number of benzene rings is 2. The van der Waals surface area contributed by atoms with Gasteiger partial charge in [-0.05, 0) is 74.7 Å². The van der Waals surface area contributed by atoms with Crippen molar-refractivity contribution in [3.63, 3.8) is 0 Å². The fraction of sp³-hybridized carbons (Fsp3) is 0.407.